The minimum Gasteiger partial charge on any atom is -0.372 e. The van der Waals surface area contributed by atoms with E-state index in [1.807, 2.05) is 37.3 Å². The van der Waals surface area contributed by atoms with Gasteiger partial charge in [0.2, 0.25) is 5.95 Å². The van der Waals surface area contributed by atoms with E-state index in [2.05, 4.69) is 63.7 Å². The first-order chi connectivity index (χ1) is 15.1. The lowest BCUT2D eigenvalue weighted by Gasteiger charge is -2.29. The molecule has 0 radical (unpaired) electrons. The average Bonchev–Trinajstić information content (AvgIpc) is 3.26. The van der Waals surface area contributed by atoms with Gasteiger partial charge in [0.05, 0.1) is 5.57 Å². The molecule has 1 aromatic heterocycles. The highest BCUT2D eigenvalue weighted by Crippen LogP contribution is 2.35. The molecule has 0 saturated heterocycles. The van der Waals surface area contributed by atoms with Crippen LogP contribution in [0.25, 0.3) is 0 Å². The molecule has 2 aromatic carbocycles. The average molecular weight is 417 g/mol. The Morgan fingerprint density at radius 3 is 2.48 bits per heavy atom. The topological polar surface area (TPSA) is 75.1 Å². The summed E-state index contributed by atoms with van der Waals surface area (Å²) in [6.45, 7) is 8.56. The third kappa shape index (κ3) is 4.17. The van der Waals surface area contributed by atoms with Crippen LogP contribution in [0.1, 0.15) is 37.9 Å². The summed E-state index contributed by atoms with van der Waals surface area (Å²) < 4.78 is 1.77. The van der Waals surface area contributed by atoms with Crippen molar-refractivity contribution < 1.29 is 4.79 Å². The molecule has 2 N–H and O–H groups in total. The van der Waals surface area contributed by atoms with Gasteiger partial charge < -0.3 is 15.5 Å². The van der Waals surface area contributed by atoms with E-state index in [1.54, 1.807) is 4.68 Å². The van der Waals surface area contributed by atoms with Gasteiger partial charge in [0.25, 0.3) is 5.91 Å². The highest BCUT2D eigenvalue weighted by molar-refractivity contribution is 5.96. The number of fused-ring (bicyclic) bond motifs is 1. The normalized spacial score (nSPS) is 15.3. The Bertz CT molecular complexity index is 1070. The quantitative estimate of drug-likeness (QED) is 0.614. The van der Waals surface area contributed by atoms with Gasteiger partial charge in [-0.05, 0) is 44.0 Å². The van der Waals surface area contributed by atoms with Crippen molar-refractivity contribution in [2.24, 2.45) is 0 Å². The van der Waals surface area contributed by atoms with Crippen LogP contribution in [-0.2, 0) is 11.3 Å². The predicted octanol–water partition coefficient (Wildman–Crippen LogP) is 3.73. The van der Waals surface area contributed by atoms with Gasteiger partial charge in [-0.2, -0.15) is 10.1 Å². The van der Waals surface area contributed by atoms with E-state index in [0.717, 1.165) is 35.6 Å². The van der Waals surface area contributed by atoms with Gasteiger partial charge in [-0.25, -0.2) is 4.68 Å². The lowest BCUT2D eigenvalue weighted by Crippen LogP contribution is -2.35. The van der Waals surface area contributed by atoms with Crippen LogP contribution in [0.5, 0.6) is 0 Å². The van der Waals surface area contributed by atoms with Gasteiger partial charge in [0.15, 0.2) is 0 Å². The molecule has 1 aliphatic heterocycles. The monoisotopic (exact) mass is 416 g/mol. The molecule has 2 heterocycles. The number of hydrogen-bond acceptors (Lipinski definition) is 5. The molecule has 0 saturated carbocycles. The van der Waals surface area contributed by atoms with E-state index in [4.69, 9.17) is 0 Å². The molecule has 0 bridgehead atoms. The first-order valence-corrected chi connectivity index (χ1v) is 10.7. The molecule has 160 valence electrons. The van der Waals surface area contributed by atoms with Crippen LogP contribution in [0, 0.1) is 0 Å². The Labute approximate surface area is 182 Å². The van der Waals surface area contributed by atoms with Crippen LogP contribution in [-0.4, -0.2) is 33.8 Å². The number of allylic oxidation sites excluding steroid dienone is 1. The molecule has 4 rings (SSSR count). The summed E-state index contributed by atoms with van der Waals surface area (Å²) in [6, 6.07) is 17.9. The van der Waals surface area contributed by atoms with Gasteiger partial charge in [-0.1, -0.05) is 42.5 Å². The molecule has 1 unspecified atom stereocenters. The first-order valence-electron chi connectivity index (χ1n) is 10.7. The Kier molecular flexibility index (Phi) is 6.02. The maximum absolute atomic E-state index is 13.3. The van der Waals surface area contributed by atoms with Crippen LogP contribution in [0.15, 0.2) is 72.2 Å². The van der Waals surface area contributed by atoms with Crippen LogP contribution in [0.4, 0.5) is 11.6 Å². The highest BCUT2D eigenvalue weighted by Gasteiger charge is 2.33. The van der Waals surface area contributed by atoms with Crippen molar-refractivity contribution in [3.63, 3.8) is 0 Å². The molecule has 7 heteroatoms. The maximum Gasteiger partial charge on any atom is 0.251 e. The second kappa shape index (κ2) is 9.04. The molecule has 1 amide bonds. The van der Waals surface area contributed by atoms with Gasteiger partial charge in [0, 0.05) is 31.0 Å². The molecule has 3 aromatic rings. The first kappa shape index (κ1) is 20.7. The minimum atomic E-state index is -0.347. The number of benzene rings is 2. The van der Waals surface area contributed by atoms with Crippen LogP contribution in [0.3, 0.4) is 0 Å². The Hall–Kier alpha value is -3.61. The summed E-state index contributed by atoms with van der Waals surface area (Å²) in [7, 11) is 0. The van der Waals surface area contributed by atoms with Crippen molar-refractivity contribution in [1.82, 2.24) is 20.1 Å². The summed E-state index contributed by atoms with van der Waals surface area (Å²) in [5.74, 6) is 0.516. The molecule has 31 heavy (non-hydrogen) atoms. The summed E-state index contributed by atoms with van der Waals surface area (Å²) >= 11 is 0. The van der Waals surface area contributed by atoms with Crippen molar-refractivity contribution in [3.05, 3.63) is 83.3 Å². The summed E-state index contributed by atoms with van der Waals surface area (Å²) in [6.07, 6.45) is 1.51. The number of rotatable bonds is 7. The summed E-state index contributed by atoms with van der Waals surface area (Å²) in [4.78, 5) is 19.9. The van der Waals surface area contributed by atoms with Crippen LogP contribution in [0.2, 0.25) is 0 Å². The van der Waals surface area contributed by atoms with Gasteiger partial charge >= 0.3 is 0 Å². The standard InChI is InChI=1S/C24H28N6O/c1-4-29(5-2)20-13-11-19(12-14-20)22-21(17(3)28-24-26-16-27-30(22)24)23(31)25-15-18-9-7-6-8-10-18/h6-14,16,22H,4-5,15H2,1-3H3,(H,25,31)(H,26,27,28). The zero-order chi connectivity index (χ0) is 21.8. The van der Waals surface area contributed by atoms with Gasteiger partial charge in [-0.3, -0.25) is 4.79 Å². The molecule has 0 spiro atoms. The molecule has 0 fully saturated rings. The number of anilines is 2. The Morgan fingerprint density at radius 2 is 1.81 bits per heavy atom. The number of nitrogens with one attached hydrogen (secondary N) is 2. The van der Waals surface area contributed by atoms with Crippen LogP contribution >= 0.6 is 0 Å². The van der Waals surface area contributed by atoms with E-state index >= 15 is 0 Å². The number of hydrogen-bond donors (Lipinski definition) is 2. The number of aromatic nitrogens is 3. The van der Waals surface area contributed by atoms with Crippen LogP contribution < -0.4 is 15.5 Å². The largest absolute Gasteiger partial charge is 0.372 e. The van der Waals surface area contributed by atoms with E-state index in [9.17, 15) is 4.79 Å². The molecule has 1 aliphatic rings. The lowest BCUT2D eigenvalue weighted by molar-refractivity contribution is -0.118. The van der Waals surface area contributed by atoms with E-state index in [-0.39, 0.29) is 11.9 Å². The van der Waals surface area contributed by atoms with E-state index < -0.39 is 0 Å². The second-order valence-electron chi connectivity index (χ2n) is 7.53. The highest BCUT2D eigenvalue weighted by atomic mass is 16.1. The van der Waals surface area contributed by atoms with E-state index in [0.29, 0.717) is 18.1 Å². The predicted molar refractivity (Wildman–Crippen MR) is 123 cm³/mol. The zero-order valence-corrected chi connectivity index (χ0v) is 18.2. The third-order valence-electron chi connectivity index (χ3n) is 5.67. The number of nitrogens with zero attached hydrogens (tertiary/aromatic N) is 4. The molecular weight excluding hydrogens is 388 g/mol. The van der Waals surface area contributed by atoms with Crippen molar-refractivity contribution in [1.29, 1.82) is 0 Å². The smallest absolute Gasteiger partial charge is 0.251 e. The van der Waals surface area contributed by atoms with Crippen molar-refractivity contribution in [2.45, 2.75) is 33.4 Å². The van der Waals surface area contributed by atoms with Crippen molar-refractivity contribution in [2.75, 3.05) is 23.3 Å². The Balaban J connectivity index is 1.65. The number of amides is 1. The molecule has 1 atom stereocenters. The summed E-state index contributed by atoms with van der Waals surface area (Å²) in [5, 5.41) is 10.7. The van der Waals surface area contributed by atoms with Crippen molar-refractivity contribution in [3.8, 4) is 0 Å². The number of carbonyl (C=O) groups is 1. The lowest BCUT2D eigenvalue weighted by atomic mass is 9.94. The fraction of sp³-hybridized carbons (Fsp3) is 0.292. The maximum atomic E-state index is 13.3. The minimum absolute atomic E-state index is 0.118. The molecule has 7 nitrogen and oxygen atoms in total. The zero-order valence-electron chi connectivity index (χ0n) is 18.2. The number of carbonyl (C=O) groups excluding carboxylic acids is 1. The second-order valence-corrected chi connectivity index (χ2v) is 7.53. The fourth-order valence-electron chi connectivity index (χ4n) is 4.02. The summed E-state index contributed by atoms with van der Waals surface area (Å²) in [5.41, 5.74) is 4.64. The molecular formula is C24H28N6O. The Morgan fingerprint density at radius 1 is 1.10 bits per heavy atom. The SMILES string of the molecule is CCN(CC)c1ccc(C2C(C(=O)NCc3ccccc3)=C(C)Nc3ncnn32)cc1. The van der Waals surface area contributed by atoms with Gasteiger partial charge in [0.1, 0.15) is 12.4 Å². The third-order valence-corrected chi connectivity index (χ3v) is 5.67. The fourth-order valence-corrected chi connectivity index (χ4v) is 4.02. The van der Waals surface area contributed by atoms with Crippen molar-refractivity contribution >= 4 is 17.5 Å². The van der Waals surface area contributed by atoms with Gasteiger partial charge in [-0.15, -0.1) is 0 Å². The van der Waals surface area contributed by atoms with E-state index in [1.165, 1.54) is 6.33 Å². The molecule has 0 aliphatic carbocycles.